The zero-order valence-electron chi connectivity index (χ0n) is 19.9. The van der Waals surface area contributed by atoms with Gasteiger partial charge in [0.2, 0.25) is 0 Å². The highest BCUT2D eigenvalue weighted by molar-refractivity contribution is 9.10. The number of aromatic amines is 1. The molecule has 1 amide bonds. The molecule has 3 aliphatic rings. The minimum Gasteiger partial charge on any atom is -0.347 e. The van der Waals surface area contributed by atoms with E-state index >= 15 is 0 Å². The fourth-order valence-corrected chi connectivity index (χ4v) is 6.57. The third-order valence-electron chi connectivity index (χ3n) is 8.25. The minimum absolute atomic E-state index is 0.0521. The molecule has 0 aliphatic heterocycles. The second-order valence-electron chi connectivity index (χ2n) is 10.1. The zero-order valence-corrected chi connectivity index (χ0v) is 21.5. The Balaban J connectivity index is 1.35. The van der Waals surface area contributed by atoms with E-state index in [2.05, 4.69) is 42.7 Å². The molecular formula is C28H25BrN6O. The standard InChI is InChI=1S/C28H25BrN6O/c1-17-23(20-15-19(29)7-8-21(20)31-24(17)18-5-3-2-4-6-18)26(36)32-28-12-9-27(10-13-28,11-14-28)25-22(16-30)33-35-34-25/h2-8,15H,9-14H2,1H3,(H,32,36)(H,33,34,35). The van der Waals surface area contributed by atoms with Gasteiger partial charge in [-0.3, -0.25) is 4.79 Å². The van der Waals surface area contributed by atoms with Crippen LogP contribution in [0.5, 0.6) is 0 Å². The third kappa shape index (κ3) is 3.61. The van der Waals surface area contributed by atoms with Gasteiger partial charge < -0.3 is 5.32 Å². The molecule has 36 heavy (non-hydrogen) atoms. The highest BCUT2D eigenvalue weighted by atomic mass is 79.9. The summed E-state index contributed by atoms with van der Waals surface area (Å²) in [7, 11) is 0. The number of nitrogens with zero attached hydrogens (tertiary/aromatic N) is 4. The first-order valence-corrected chi connectivity index (χ1v) is 13.0. The summed E-state index contributed by atoms with van der Waals surface area (Å²) in [6, 6.07) is 18.1. The maximum absolute atomic E-state index is 14.0. The predicted molar refractivity (Wildman–Crippen MR) is 140 cm³/mol. The smallest absolute Gasteiger partial charge is 0.252 e. The molecule has 3 fully saturated rings. The molecule has 2 bridgehead atoms. The molecule has 2 N–H and O–H groups in total. The van der Waals surface area contributed by atoms with Crippen LogP contribution in [0.3, 0.4) is 0 Å². The van der Waals surface area contributed by atoms with E-state index in [0.717, 1.165) is 76.4 Å². The number of pyridine rings is 1. The quantitative estimate of drug-likeness (QED) is 0.343. The lowest BCUT2D eigenvalue weighted by Gasteiger charge is -2.53. The van der Waals surface area contributed by atoms with Crippen molar-refractivity contribution in [1.29, 1.82) is 5.26 Å². The Hall–Kier alpha value is -3.57. The van der Waals surface area contributed by atoms with E-state index in [1.165, 1.54) is 0 Å². The SMILES string of the molecule is Cc1c(-c2ccccc2)nc2ccc(Br)cc2c1C(=O)NC12CCC(c3n[nH]nc3C#N)(CC1)CC2. The largest absolute Gasteiger partial charge is 0.347 e. The molecule has 0 radical (unpaired) electrons. The van der Waals surface area contributed by atoms with Crippen LogP contribution in [0.1, 0.15) is 65.8 Å². The summed E-state index contributed by atoms with van der Waals surface area (Å²) in [5.41, 5.74) is 4.98. The van der Waals surface area contributed by atoms with E-state index < -0.39 is 0 Å². The van der Waals surface area contributed by atoms with Crippen LogP contribution in [0.2, 0.25) is 0 Å². The van der Waals surface area contributed by atoms with Crippen LogP contribution in [-0.4, -0.2) is 31.8 Å². The van der Waals surface area contributed by atoms with Gasteiger partial charge in [-0.25, -0.2) is 4.98 Å². The van der Waals surface area contributed by atoms with Crippen molar-refractivity contribution in [3.05, 3.63) is 75.5 Å². The van der Waals surface area contributed by atoms with Crippen molar-refractivity contribution in [2.45, 2.75) is 56.4 Å². The molecule has 0 spiro atoms. The Kier molecular flexibility index (Phi) is 5.41. The summed E-state index contributed by atoms with van der Waals surface area (Å²) in [6.07, 6.45) is 5.21. The van der Waals surface area contributed by atoms with Crippen molar-refractivity contribution in [3.63, 3.8) is 0 Å². The summed E-state index contributed by atoms with van der Waals surface area (Å²) in [5, 5.41) is 24.8. The number of rotatable bonds is 4. The second kappa shape index (κ2) is 8.52. The summed E-state index contributed by atoms with van der Waals surface area (Å²) in [6.45, 7) is 1.99. The molecule has 3 saturated carbocycles. The molecule has 7 rings (SSSR count). The van der Waals surface area contributed by atoms with Crippen LogP contribution in [-0.2, 0) is 5.41 Å². The molecule has 8 heteroatoms. The summed E-state index contributed by atoms with van der Waals surface area (Å²) >= 11 is 3.57. The van der Waals surface area contributed by atoms with E-state index in [1.807, 2.05) is 55.5 Å². The maximum Gasteiger partial charge on any atom is 0.252 e. The molecule has 0 atom stereocenters. The van der Waals surface area contributed by atoms with Gasteiger partial charge >= 0.3 is 0 Å². The van der Waals surface area contributed by atoms with Gasteiger partial charge in [-0.1, -0.05) is 46.3 Å². The van der Waals surface area contributed by atoms with Crippen LogP contribution in [0, 0.1) is 18.3 Å². The van der Waals surface area contributed by atoms with Crippen molar-refractivity contribution < 1.29 is 4.79 Å². The lowest BCUT2D eigenvalue weighted by Crippen LogP contribution is -2.58. The molecule has 3 aliphatic carbocycles. The number of fused-ring (bicyclic) bond motifs is 4. The number of benzene rings is 2. The van der Waals surface area contributed by atoms with Gasteiger partial charge in [0.05, 0.1) is 16.8 Å². The number of H-pyrrole nitrogens is 1. The lowest BCUT2D eigenvalue weighted by molar-refractivity contribution is 0.0591. The molecule has 4 aromatic rings. The first-order valence-electron chi connectivity index (χ1n) is 12.2. The van der Waals surface area contributed by atoms with Crippen molar-refractivity contribution in [3.8, 4) is 17.3 Å². The molecule has 180 valence electrons. The van der Waals surface area contributed by atoms with Crippen LogP contribution in [0.25, 0.3) is 22.2 Å². The van der Waals surface area contributed by atoms with Crippen molar-refractivity contribution in [2.75, 3.05) is 0 Å². The number of hydrogen-bond acceptors (Lipinski definition) is 5. The van der Waals surface area contributed by atoms with Crippen molar-refractivity contribution in [1.82, 2.24) is 25.7 Å². The second-order valence-corrected chi connectivity index (χ2v) is 11.1. The van der Waals surface area contributed by atoms with Gasteiger partial charge in [0.25, 0.3) is 5.91 Å². The van der Waals surface area contributed by atoms with E-state index in [0.29, 0.717) is 11.3 Å². The fourth-order valence-electron chi connectivity index (χ4n) is 6.21. The number of carbonyl (C=O) groups excluding carboxylic acids is 1. The van der Waals surface area contributed by atoms with Gasteiger partial charge in [0, 0.05) is 26.4 Å². The number of aromatic nitrogens is 4. The summed E-state index contributed by atoms with van der Waals surface area (Å²) in [5.74, 6) is -0.0521. The first kappa shape index (κ1) is 22.9. The third-order valence-corrected chi connectivity index (χ3v) is 8.74. The van der Waals surface area contributed by atoms with Gasteiger partial charge in [0.1, 0.15) is 11.8 Å². The molecule has 2 aromatic heterocycles. The van der Waals surface area contributed by atoms with Gasteiger partial charge in [-0.05, 0) is 69.2 Å². The number of hydrogen-bond donors (Lipinski definition) is 2. The van der Waals surface area contributed by atoms with Gasteiger partial charge in [0.15, 0.2) is 5.69 Å². The van der Waals surface area contributed by atoms with Crippen LogP contribution in [0.4, 0.5) is 0 Å². The van der Waals surface area contributed by atoms with E-state index in [4.69, 9.17) is 4.98 Å². The topological polar surface area (TPSA) is 107 Å². The van der Waals surface area contributed by atoms with E-state index in [9.17, 15) is 10.1 Å². The number of nitriles is 1. The highest BCUT2D eigenvalue weighted by Gasteiger charge is 2.52. The first-order chi connectivity index (χ1) is 17.4. The number of amides is 1. The minimum atomic E-state index is -0.254. The average molecular weight is 541 g/mol. The summed E-state index contributed by atoms with van der Waals surface area (Å²) < 4.78 is 0.914. The maximum atomic E-state index is 14.0. The highest BCUT2D eigenvalue weighted by Crippen LogP contribution is 2.53. The molecule has 0 saturated heterocycles. The zero-order chi connectivity index (χ0) is 24.9. The Morgan fingerprint density at radius 1 is 1.06 bits per heavy atom. The van der Waals surface area contributed by atoms with Crippen LogP contribution in [0.15, 0.2) is 53.0 Å². The van der Waals surface area contributed by atoms with E-state index in [1.54, 1.807) is 0 Å². The molecular weight excluding hydrogens is 516 g/mol. The normalized spacial score (nSPS) is 22.9. The Morgan fingerprint density at radius 2 is 1.78 bits per heavy atom. The molecule has 2 heterocycles. The van der Waals surface area contributed by atoms with Crippen molar-refractivity contribution >= 4 is 32.7 Å². The van der Waals surface area contributed by atoms with Gasteiger partial charge in [-0.2, -0.15) is 15.6 Å². The van der Waals surface area contributed by atoms with E-state index in [-0.39, 0.29) is 16.9 Å². The number of nitrogens with one attached hydrogen (secondary N) is 2. The average Bonchev–Trinajstić information content (AvgIpc) is 3.40. The fraction of sp³-hybridized carbons (Fsp3) is 0.321. The summed E-state index contributed by atoms with van der Waals surface area (Å²) in [4.78, 5) is 18.9. The molecule has 0 unspecified atom stereocenters. The Labute approximate surface area is 217 Å². The number of carbonyl (C=O) groups is 1. The Bertz CT molecular complexity index is 1510. The monoisotopic (exact) mass is 540 g/mol. The van der Waals surface area contributed by atoms with Crippen LogP contribution < -0.4 is 5.32 Å². The Morgan fingerprint density at radius 3 is 2.47 bits per heavy atom. The molecule has 7 nitrogen and oxygen atoms in total. The van der Waals surface area contributed by atoms with Crippen molar-refractivity contribution in [2.24, 2.45) is 0 Å². The van der Waals surface area contributed by atoms with Gasteiger partial charge in [-0.15, -0.1) is 5.10 Å². The molecule has 2 aromatic carbocycles. The lowest BCUT2D eigenvalue weighted by atomic mass is 9.56. The van der Waals surface area contributed by atoms with Crippen LogP contribution >= 0.6 is 15.9 Å². The predicted octanol–water partition coefficient (Wildman–Crippen LogP) is 5.74. The number of halogens is 1.